The van der Waals surface area contributed by atoms with Crippen LogP contribution in [0.2, 0.25) is 0 Å². The normalized spacial score (nSPS) is 12.3. The Morgan fingerprint density at radius 2 is 0.400 bits per heavy atom. The molecule has 0 aliphatic carbocycles. The Morgan fingerprint density at radius 3 is 0.624 bits per heavy atom. The number of rotatable bonds is 100. The van der Waals surface area contributed by atoms with E-state index in [-0.39, 0.29) is 72.9 Å². The van der Waals surface area contributed by atoms with Crippen molar-refractivity contribution in [1.29, 1.82) is 0 Å². The lowest BCUT2D eigenvalue weighted by atomic mass is 9.86. The van der Waals surface area contributed by atoms with Crippen LogP contribution in [0.25, 0.3) is 0 Å². The molecule has 0 aromatic rings. The molecule has 0 heterocycles. The third kappa shape index (κ3) is 81.3. The van der Waals surface area contributed by atoms with Crippen LogP contribution in [-0.2, 0) is 47.7 Å². The predicted octanol–water partition coefficient (Wildman–Crippen LogP) is 32.5. The fraction of sp³-hybridized carbons (Fsp3) is 0.946. The summed E-state index contributed by atoms with van der Waals surface area (Å²) in [6, 6.07) is 0. The zero-order chi connectivity index (χ0) is 91.7. The van der Waals surface area contributed by atoms with E-state index in [0.717, 1.165) is 270 Å². The van der Waals surface area contributed by atoms with Crippen LogP contribution in [0.15, 0.2) is 0 Å². The van der Waals surface area contributed by atoms with E-state index < -0.39 is 10.8 Å². The fourth-order valence-electron chi connectivity index (χ4n) is 18.0. The number of amides is 2. The van der Waals surface area contributed by atoms with Crippen molar-refractivity contribution in [3.8, 4) is 0 Å². The topological polar surface area (TPSA) is 170 Å². The maximum atomic E-state index is 13.9. The molecule has 0 rings (SSSR count). The van der Waals surface area contributed by atoms with Crippen molar-refractivity contribution in [3.05, 3.63) is 0 Å². The van der Waals surface area contributed by atoms with Crippen LogP contribution < -0.4 is 10.6 Å². The van der Waals surface area contributed by atoms with Crippen molar-refractivity contribution >= 4 is 35.7 Å². The van der Waals surface area contributed by atoms with Gasteiger partial charge in [0.25, 0.3) is 0 Å². The molecule has 740 valence electrons. The maximum Gasteiger partial charge on any atom is 0.311 e. The first-order chi connectivity index (χ1) is 60.8. The minimum absolute atomic E-state index is 0.0175. The number of unbranched alkanes of at least 4 members (excludes halogenated alkanes) is 53. The van der Waals surface area contributed by atoms with Crippen molar-refractivity contribution in [2.45, 2.75) is 615 Å². The Labute approximate surface area is 777 Å². The average molecular weight is 1770 g/mol. The van der Waals surface area contributed by atoms with Gasteiger partial charge in [-0.2, -0.15) is 0 Å². The van der Waals surface area contributed by atoms with Crippen LogP contribution >= 0.6 is 0 Å². The quantitative estimate of drug-likeness (QED) is 0.0336. The lowest BCUT2D eigenvalue weighted by Crippen LogP contribution is -2.37. The van der Waals surface area contributed by atoms with Crippen molar-refractivity contribution in [3.63, 3.8) is 0 Å². The van der Waals surface area contributed by atoms with Gasteiger partial charge in [-0.05, 0) is 208 Å². The van der Waals surface area contributed by atoms with Gasteiger partial charge in [0, 0.05) is 51.9 Å². The van der Waals surface area contributed by atoms with E-state index in [4.69, 9.17) is 18.9 Å². The second-order valence-electron chi connectivity index (χ2n) is 40.4. The summed E-state index contributed by atoms with van der Waals surface area (Å²) in [6.45, 7) is 32.8. The molecule has 0 aliphatic heterocycles. The van der Waals surface area contributed by atoms with E-state index in [1.54, 1.807) is 0 Å². The highest BCUT2D eigenvalue weighted by Gasteiger charge is 2.33. The number of carbonyl (C=O) groups is 6. The lowest BCUT2D eigenvalue weighted by molar-refractivity contribution is -0.161. The van der Waals surface area contributed by atoms with E-state index in [1.165, 1.54) is 250 Å². The zero-order valence-electron chi connectivity index (χ0n) is 85.8. The summed E-state index contributed by atoms with van der Waals surface area (Å²) in [5.41, 5.74) is -1.04. The molecule has 1 atom stereocenters. The van der Waals surface area contributed by atoms with Gasteiger partial charge in [0.05, 0.1) is 10.8 Å². The monoisotopic (exact) mass is 1770 g/mol. The van der Waals surface area contributed by atoms with Gasteiger partial charge in [0.2, 0.25) is 11.8 Å². The molecule has 0 saturated heterocycles. The van der Waals surface area contributed by atoms with Gasteiger partial charge in [-0.15, -0.1) is 0 Å². The van der Waals surface area contributed by atoms with Gasteiger partial charge in [0.15, 0.2) is 0 Å². The summed E-state index contributed by atoms with van der Waals surface area (Å²) >= 11 is 0. The summed E-state index contributed by atoms with van der Waals surface area (Å²) in [6.07, 6.45) is 88.1. The Kier molecular flexibility index (Phi) is 88.9. The molecule has 0 radical (unpaired) electrons. The lowest BCUT2D eigenvalue weighted by Gasteiger charge is -2.27. The van der Waals surface area contributed by atoms with E-state index in [0.29, 0.717) is 25.9 Å². The standard InChI is InChI=1S/C111H216N4O10/c1-13-21-29-37-47-63-79-100(78-62-46-36-28-20-8)122-106(118)86-70-54-44-58-74-94-114(96-76-60-56-72-90-110(9,10)108(120)124-102(82-66-50-40-32-24-16-4)83-67-51-41-33-25-17-5)98-92-112-104(116)88-89-105(117)113-93-99-115(95-75-59-45-55-71-87-107(119)123-101(80-64-48-38-30-22-14-2)81-65-49-39-31-23-15-3)97-77-61-57-73-91-111(11,12)109(121)125-103(84-68-52-42-34-26-18-6)85-69-53-43-35-27-19-7/h100-103H,13-99H2,1-12H3,(H,112,116)(H,113,117). The van der Waals surface area contributed by atoms with E-state index in [1.807, 2.05) is 0 Å². The molecule has 14 heteroatoms. The van der Waals surface area contributed by atoms with E-state index >= 15 is 0 Å². The van der Waals surface area contributed by atoms with Gasteiger partial charge >= 0.3 is 23.9 Å². The van der Waals surface area contributed by atoms with Crippen LogP contribution in [0.3, 0.4) is 0 Å². The van der Waals surface area contributed by atoms with Crippen molar-refractivity contribution in [1.82, 2.24) is 20.4 Å². The fourth-order valence-corrected chi connectivity index (χ4v) is 18.0. The first-order valence-electron chi connectivity index (χ1n) is 55.6. The number of nitrogens with zero attached hydrogens (tertiary/aromatic N) is 2. The Morgan fingerprint density at radius 1 is 0.216 bits per heavy atom. The predicted molar refractivity (Wildman–Crippen MR) is 536 cm³/mol. The maximum absolute atomic E-state index is 13.9. The molecule has 0 saturated carbocycles. The van der Waals surface area contributed by atoms with Crippen molar-refractivity contribution in [2.24, 2.45) is 10.8 Å². The first kappa shape index (κ1) is 122. The molecule has 0 aliphatic rings. The molecule has 0 bridgehead atoms. The summed E-state index contributed by atoms with van der Waals surface area (Å²) < 4.78 is 25.2. The zero-order valence-corrected chi connectivity index (χ0v) is 85.8. The number of hydrogen-bond acceptors (Lipinski definition) is 12. The van der Waals surface area contributed by atoms with Gasteiger partial charge in [-0.25, -0.2) is 0 Å². The van der Waals surface area contributed by atoms with Crippen molar-refractivity contribution < 1.29 is 47.7 Å². The smallest absolute Gasteiger partial charge is 0.311 e. The minimum atomic E-state index is -0.520. The Hall–Kier alpha value is -3.26. The second-order valence-corrected chi connectivity index (χ2v) is 40.4. The SMILES string of the molecule is CCCCCCCCC(CCCCCCC)OC(=O)CCCCCCCN(CCCCCCC(C)(C)C(=O)OC(CCCCCCCC)CCCCCCCC)CCNC(=O)CCC(=O)NCCN(CCCCCCCC(=O)OC(CCCCCCCC)CCCCCCCC)CCCCCCC(C)(C)C(=O)OC(CCCCCCCC)CCCCCCCC. The molecule has 0 aromatic heterocycles. The van der Waals surface area contributed by atoms with Gasteiger partial charge in [-0.3, -0.25) is 28.8 Å². The van der Waals surface area contributed by atoms with Crippen LogP contribution in [0.5, 0.6) is 0 Å². The van der Waals surface area contributed by atoms with E-state index in [2.05, 4.69) is 104 Å². The highest BCUT2D eigenvalue weighted by atomic mass is 16.6. The number of hydrogen-bond donors (Lipinski definition) is 2. The highest BCUT2D eigenvalue weighted by molar-refractivity contribution is 5.83. The number of carbonyl (C=O) groups excluding carboxylic acids is 6. The van der Waals surface area contributed by atoms with Gasteiger partial charge < -0.3 is 39.4 Å². The molecule has 14 nitrogen and oxygen atoms in total. The molecule has 0 spiro atoms. The largest absolute Gasteiger partial charge is 0.462 e. The number of esters is 4. The second kappa shape index (κ2) is 91.2. The molecule has 0 aromatic carbocycles. The Balaban J connectivity index is 6.00. The van der Waals surface area contributed by atoms with Crippen LogP contribution in [0, 0.1) is 10.8 Å². The average Bonchev–Trinajstić information content (AvgIpc) is 0.875. The molecular weight excluding hydrogens is 1550 g/mol. The first-order valence-corrected chi connectivity index (χ1v) is 55.6. The highest BCUT2D eigenvalue weighted by Crippen LogP contribution is 2.32. The van der Waals surface area contributed by atoms with Gasteiger partial charge in [0.1, 0.15) is 24.4 Å². The number of nitrogens with one attached hydrogen (secondary N) is 2. The molecule has 1 unspecified atom stereocenters. The number of ether oxygens (including phenoxy) is 4. The Bertz CT molecular complexity index is 2310. The summed E-state index contributed by atoms with van der Waals surface area (Å²) in [5, 5.41) is 6.36. The molecule has 125 heavy (non-hydrogen) atoms. The van der Waals surface area contributed by atoms with Crippen LogP contribution in [0.4, 0.5) is 0 Å². The van der Waals surface area contributed by atoms with E-state index in [9.17, 15) is 28.8 Å². The summed E-state index contributed by atoms with van der Waals surface area (Å²) in [4.78, 5) is 86.3. The minimum Gasteiger partial charge on any atom is -0.462 e. The molecule has 2 amide bonds. The molecule has 2 N–H and O–H groups in total. The van der Waals surface area contributed by atoms with Crippen molar-refractivity contribution in [2.75, 3.05) is 52.4 Å². The van der Waals surface area contributed by atoms with Gasteiger partial charge in [-0.1, -0.05) is 383 Å². The third-order valence-electron chi connectivity index (χ3n) is 26.9. The van der Waals surface area contributed by atoms with Crippen LogP contribution in [0.1, 0.15) is 590 Å². The third-order valence-corrected chi connectivity index (χ3v) is 26.9. The van der Waals surface area contributed by atoms with Crippen LogP contribution in [-0.4, -0.2) is 122 Å². The molecular formula is C111H216N4O10. The summed E-state index contributed by atoms with van der Waals surface area (Å²) in [7, 11) is 0. The molecule has 0 fully saturated rings. The summed E-state index contributed by atoms with van der Waals surface area (Å²) in [5.74, 6) is -0.282.